The molecule has 0 saturated heterocycles. The first kappa shape index (κ1) is 17.7. The molecule has 2 aromatic carbocycles. The van der Waals surface area contributed by atoms with Gasteiger partial charge in [0.25, 0.3) is 0 Å². The van der Waals surface area contributed by atoms with E-state index in [2.05, 4.69) is 23.2 Å². The lowest BCUT2D eigenvalue weighted by molar-refractivity contribution is 0.441. The van der Waals surface area contributed by atoms with Gasteiger partial charge in [0.15, 0.2) is 0 Å². The standard InChI is InChI=1S/C23H24N2O2S/c26-28(27,20-10-9-17-5-1-2-6-19(17)15-20)25-13-11-18(12-14-25)22-16-24-23-8-4-3-7-21(22)23/h3-4,7-11,15-16,24H,1-2,5-6,12-14H2. The van der Waals surface area contributed by atoms with E-state index in [1.165, 1.54) is 34.1 Å². The third-order valence-corrected chi connectivity index (χ3v) is 7.93. The van der Waals surface area contributed by atoms with E-state index in [4.69, 9.17) is 0 Å². The number of nitrogens with one attached hydrogen (secondary N) is 1. The van der Waals surface area contributed by atoms with Crippen molar-refractivity contribution in [3.05, 3.63) is 71.4 Å². The van der Waals surface area contributed by atoms with Gasteiger partial charge in [0, 0.05) is 35.8 Å². The Morgan fingerprint density at radius 2 is 1.75 bits per heavy atom. The fourth-order valence-corrected chi connectivity index (χ4v) is 5.90. The third-order valence-electron chi connectivity index (χ3n) is 6.06. The van der Waals surface area contributed by atoms with Gasteiger partial charge in [0.05, 0.1) is 4.90 Å². The van der Waals surface area contributed by atoms with Crippen molar-refractivity contribution in [3.8, 4) is 0 Å². The average Bonchev–Trinajstić information content (AvgIpc) is 3.17. The van der Waals surface area contributed by atoms with E-state index in [9.17, 15) is 8.42 Å². The summed E-state index contributed by atoms with van der Waals surface area (Å²) in [6.07, 6.45) is 9.23. The first-order valence-corrected chi connectivity index (χ1v) is 11.4. The molecule has 0 bridgehead atoms. The van der Waals surface area contributed by atoms with Gasteiger partial charge in [-0.15, -0.1) is 0 Å². The van der Waals surface area contributed by atoms with Crippen LogP contribution in [0.5, 0.6) is 0 Å². The minimum atomic E-state index is -3.45. The second-order valence-corrected chi connectivity index (χ2v) is 9.67. The van der Waals surface area contributed by atoms with E-state index >= 15 is 0 Å². The van der Waals surface area contributed by atoms with Crippen molar-refractivity contribution in [2.45, 2.75) is 37.0 Å². The number of para-hydroxylation sites is 1. The lowest BCUT2D eigenvalue weighted by Crippen LogP contribution is -2.34. The summed E-state index contributed by atoms with van der Waals surface area (Å²) in [5.74, 6) is 0. The second-order valence-electron chi connectivity index (χ2n) is 7.73. The number of rotatable bonds is 3. The van der Waals surface area contributed by atoms with Gasteiger partial charge in [-0.25, -0.2) is 8.42 Å². The molecule has 0 atom stereocenters. The quantitative estimate of drug-likeness (QED) is 0.712. The number of aromatic nitrogens is 1. The first-order chi connectivity index (χ1) is 13.6. The summed E-state index contributed by atoms with van der Waals surface area (Å²) in [6.45, 7) is 0.943. The van der Waals surface area contributed by atoms with Gasteiger partial charge in [0.2, 0.25) is 10.0 Å². The third kappa shape index (κ3) is 2.99. The predicted octanol–water partition coefficient (Wildman–Crippen LogP) is 4.52. The molecule has 1 aromatic heterocycles. The van der Waals surface area contributed by atoms with Crippen LogP contribution < -0.4 is 0 Å². The Kier molecular flexibility index (Phi) is 4.37. The van der Waals surface area contributed by atoms with E-state index in [1.807, 2.05) is 30.5 Å². The maximum Gasteiger partial charge on any atom is 0.243 e. The Morgan fingerprint density at radius 3 is 2.57 bits per heavy atom. The first-order valence-electron chi connectivity index (χ1n) is 10.0. The van der Waals surface area contributed by atoms with Gasteiger partial charge >= 0.3 is 0 Å². The molecule has 0 saturated carbocycles. The van der Waals surface area contributed by atoms with Crippen molar-refractivity contribution in [2.24, 2.45) is 0 Å². The number of fused-ring (bicyclic) bond motifs is 2. The molecule has 4 nitrogen and oxygen atoms in total. The maximum atomic E-state index is 13.2. The van der Waals surface area contributed by atoms with E-state index in [0.717, 1.165) is 31.2 Å². The summed E-state index contributed by atoms with van der Waals surface area (Å²) >= 11 is 0. The van der Waals surface area contributed by atoms with Crippen LogP contribution in [0.15, 0.2) is 59.6 Å². The van der Waals surface area contributed by atoms with Gasteiger partial charge in [-0.3, -0.25) is 0 Å². The summed E-state index contributed by atoms with van der Waals surface area (Å²) in [7, 11) is -3.45. The Balaban J connectivity index is 1.41. The van der Waals surface area contributed by atoms with Crippen LogP contribution in [0, 0.1) is 0 Å². The molecular weight excluding hydrogens is 368 g/mol. The van der Waals surface area contributed by atoms with Crippen LogP contribution in [0.3, 0.4) is 0 Å². The number of hydrogen-bond acceptors (Lipinski definition) is 2. The van der Waals surface area contributed by atoms with Crippen LogP contribution in [0.4, 0.5) is 0 Å². The summed E-state index contributed by atoms with van der Waals surface area (Å²) in [4.78, 5) is 3.75. The van der Waals surface area contributed by atoms with E-state index in [1.54, 1.807) is 10.4 Å². The molecule has 5 rings (SSSR count). The SMILES string of the molecule is O=S(=O)(c1ccc2c(c1)CCCC2)N1CC=C(c2c[nH]c3ccccc23)CC1. The van der Waals surface area contributed by atoms with Gasteiger partial charge < -0.3 is 4.98 Å². The van der Waals surface area contributed by atoms with Crippen LogP contribution in [0.2, 0.25) is 0 Å². The molecule has 0 unspecified atom stereocenters. The fraction of sp³-hybridized carbons (Fsp3) is 0.304. The Labute approximate surface area is 165 Å². The molecule has 28 heavy (non-hydrogen) atoms. The average molecular weight is 393 g/mol. The van der Waals surface area contributed by atoms with Gasteiger partial charge in [0.1, 0.15) is 0 Å². The Hall–Kier alpha value is -2.37. The van der Waals surface area contributed by atoms with E-state index in [-0.39, 0.29) is 0 Å². The summed E-state index contributed by atoms with van der Waals surface area (Å²) in [5.41, 5.74) is 6.03. The molecule has 2 heterocycles. The molecule has 1 aliphatic heterocycles. The molecule has 144 valence electrons. The number of aryl methyl sites for hydroxylation is 2. The number of H-pyrrole nitrogens is 1. The molecule has 3 aromatic rings. The van der Waals surface area contributed by atoms with Crippen molar-refractivity contribution >= 4 is 26.5 Å². The minimum Gasteiger partial charge on any atom is -0.361 e. The fourth-order valence-electron chi connectivity index (χ4n) is 4.47. The molecule has 0 fully saturated rings. The van der Waals surface area contributed by atoms with E-state index in [0.29, 0.717) is 18.0 Å². The number of benzene rings is 2. The number of sulfonamides is 1. The molecule has 1 N–H and O–H groups in total. The topological polar surface area (TPSA) is 53.2 Å². The molecule has 2 aliphatic rings. The zero-order valence-electron chi connectivity index (χ0n) is 15.8. The van der Waals surface area contributed by atoms with Crippen molar-refractivity contribution < 1.29 is 8.42 Å². The van der Waals surface area contributed by atoms with Crippen LogP contribution in [0.25, 0.3) is 16.5 Å². The van der Waals surface area contributed by atoms with Gasteiger partial charge in [-0.05, 0) is 67.0 Å². The predicted molar refractivity (Wildman–Crippen MR) is 113 cm³/mol. The highest BCUT2D eigenvalue weighted by Crippen LogP contribution is 2.31. The lowest BCUT2D eigenvalue weighted by Gasteiger charge is -2.26. The molecular formula is C23H24N2O2S. The van der Waals surface area contributed by atoms with Crippen LogP contribution in [0.1, 0.15) is 36.0 Å². The smallest absolute Gasteiger partial charge is 0.243 e. The number of nitrogens with zero attached hydrogens (tertiary/aromatic N) is 1. The van der Waals surface area contributed by atoms with Crippen LogP contribution >= 0.6 is 0 Å². The van der Waals surface area contributed by atoms with Crippen LogP contribution in [-0.2, 0) is 22.9 Å². The highest BCUT2D eigenvalue weighted by Gasteiger charge is 2.27. The molecule has 0 amide bonds. The molecule has 1 aliphatic carbocycles. The minimum absolute atomic E-state index is 0.425. The zero-order valence-corrected chi connectivity index (χ0v) is 16.6. The number of aromatic amines is 1. The van der Waals surface area contributed by atoms with Crippen LogP contribution in [-0.4, -0.2) is 30.8 Å². The molecule has 5 heteroatoms. The van der Waals surface area contributed by atoms with Gasteiger partial charge in [-0.2, -0.15) is 4.31 Å². The van der Waals surface area contributed by atoms with Crippen molar-refractivity contribution in [1.29, 1.82) is 0 Å². The monoisotopic (exact) mass is 392 g/mol. The Bertz CT molecular complexity index is 1170. The molecule has 0 spiro atoms. The van der Waals surface area contributed by atoms with Crippen molar-refractivity contribution in [1.82, 2.24) is 9.29 Å². The highest BCUT2D eigenvalue weighted by molar-refractivity contribution is 7.89. The second kappa shape index (κ2) is 6.90. The summed E-state index contributed by atoms with van der Waals surface area (Å²) < 4.78 is 27.9. The Morgan fingerprint density at radius 1 is 0.929 bits per heavy atom. The highest BCUT2D eigenvalue weighted by atomic mass is 32.2. The van der Waals surface area contributed by atoms with Crippen molar-refractivity contribution in [2.75, 3.05) is 13.1 Å². The van der Waals surface area contributed by atoms with Gasteiger partial charge in [-0.1, -0.05) is 30.3 Å². The summed E-state index contributed by atoms with van der Waals surface area (Å²) in [5, 5.41) is 1.19. The molecule has 0 radical (unpaired) electrons. The summed E-state index contributed by atoms with van der Waals surface area (Å²) in [6, 6.07) is 13.9. The van der Waals surface area contributed by atoms with E-state index < -0.39 is 10.0 Å². The lowest BCUT2D eigenvalue weighted by atomic mass is 9.92. The largest absolute Gasteiger partial charge is 0.361 e. The number of hydrogen-bond donors (Lipinski definition) is 1. The van der Waals surface area contributed by atoms with Crippen molar-refractivity contribution in [3.63, 3.8) is 0 Å². The maximum absolute atomic E-state index is 13.2. The zero-order chi connectivity index (χ0) is 19.1. The normalized spacial score (nSPS) is 18.1.